The van der Waals surface area contributed by atoms with Gasteiger partial charge in [0.15, 0.2) is 11.0 Å². The van der Waals surface area contributed by atoms with Gasteiger partial charge in [-0.2, -0.15) is 5.10 Å². The van der Waals surface area contributed by atoms with Crippen molar-refractivity contribution in [2.45, 2.75) is 51.7 Å². The number of benzene rings is 1. The van der Waals surface area contributed by atoms with Crippen LogP contribution in [0.25, 0.3) is 0 Å². The number of amides is 1. The molecule has 3 fully saturated rings. The molecule has 1 heterocycles. The molecule has 7 heteroatoms. The third-order valence-corrected chi connectivity index (χ3v) is 8.16. The van der Waals surface area contributed by atoms with E-state index in [1.165, 1.54) is 42.4 Å². The highest BCUT2D eigenvalue weighted by Gasteiger charge is 2.60. The van der Waals surface area contributed by atoms with Gasteiger partial charge < -0.3 is 5.32 Å². The van der Waals surface area contributed by atoms with Crippen LogP contribution in [0.4, 0.5) is 4.39 Å². The first-order chi connectivity index (χ1) is 13.2. The van der Waals surface area contributed by atoms with Crippen molar-refractivity contribution in [1.82, 2.24) is 5.32 Å². The first kappa shape index (κ1) is 19.3. The van der Waals surface area contributed by atoms with Crippen molar-refractivity contribution < 1.29 is 14.0 Å². The van der Waals surface area contributed by atoms with Gasteiger partial charge in [-0.15, -0.1) is 5.10 Å². The first-order valence-corrected chi connectivity index (χ1v) is 10.5. The molecule has 2 saturated carbocycles. The van der Waals surface area contributed by atoms with Gasteiger partial charge in [0.1, 0.15) is 5.82 Å². The van der Waals surface area contributed by atoms with Crippen LogP contribution in [-0.4, -0.2) is 27.8 Å². The number of hydrogen-bond acceptors (Lipinski definition) is 5. The van der Waals surface area contributed by atoms with Crippen molar-refractivity contribution >= 4 is 34.3 Å². The maximum Gasteiger partial charge on any atom is 0.240 e. The summed E-state index contributed by atoms with van der Waals surface area (Å²) in [6.45, 7) is 6.89. The van der Waals surface area contributed by atoms with Gasteiger partial charge in [0.05, 0.1) is 5.25 Å². The lowest BCUT2D eigenvalue weighted by Crippen LogP contribution is -2.32. The van der Waals surface area contributed by atoms with E-state index in [1.807, 2.05) is 0 Å². The lowest BCUT2D eigenvalue weighted by atomic mass is 9.70. The van der Waals surface area contributed by atoms with Crippen LogP contribution in [0, 0.1) is 22.6 Å². The van der Waals surface area contributed by atoms with Gasteiger partial charge in [-0.3, -0.25) is 9.59 Å². The zero-order valence-electron chi connectivity index (χ0n) is 16.3. The number of rotatable bonds is 4. The second kappa shape index (κ2) is 6.79. The van der Waals surface area contributed by atoms with Gasteiger partial charge in [-0.1, -0.05) is 32.5 Å². The highest BCUT2D eigenvalue weighted by Crippen LogP contribution is 2.64. The molecular formula is C21H24FN3O2S. The molecular weight excluding hydrogens is 377 g/mol. The molecule has 0 aromatic heterocycles. The Labute approximate surface area is 168 Å². The fraction of sp³-hybridized carbons (Fsp3) is 0.524. The van der Waals surface area contributed by atoms with Crippen LogP contribution in [0.2, 0.25) is 0 Å². The number of fused-ring (bicyclic) bond motifs is 2. The molecule has 3 atom stereocenters. The number of carbonyl (C=O) groups excluding carboxylic acids is 2. The van der Waals surface area contributed by atoms with Crippen molar-refractivity contribution in [2.75, 3.05) is 0 Å². The predicted octanol–water partition coefficient (Wildman–Crippen LogP) is 4.19. The summed E-state index contributed by atoms with van der Waals surface area (Å²) in [6, 6.07) is 5.37. The molecule has 1 saturated heterocycles. The number of nitrogens with one attached hydrogen (secondary N) is 1. The highest BCUT2D eigenvalue weighted by atomic mass is 32.2. The van der Waals surface area contributed by atoms with Crippen LogP contribution in [0.5, 0.6) is 0 Å². The minimum absolute atomic E-state index is 0.0462. The second-order valence-corrected chi connectivity index (χ2v) is 9.87. The monoisotopic (exact) mass is 401 g/mol. The molecule has 1 aliphatic heterocycles. The number of amidine groups is 1. The van der Waals surface area contributed by atoms with Crippen molar-refractivity contribution in [3.05, 3.63) is 35.6 Å². The van der Waals surface area contributed by atoms with Crippen LogP contribution in [-0.2, 0) is 4.79 Å². The Hall–Kier alpha value is -2.02. The molecule has 3 unspecified atom stereocenters. The summed E-state index contributed by atoms with van der Waals surface area (Å²) in [6.07, 6.45) is 3.37. The van der Waals surface area contributed by atoms with Crippen molar-refractivity contribution in [1.29, 1.82) is 0 Å². The summed E-state index contributed by atoms with van der Waals surface area (Å²) in [5.41, 5.74) is 1.80. The van der Waals surface area contributed by atoms with Gasteiger partial charge >= 0.3 is 0 Å². The maximum atomic E-state index is 13.0. The number of nitrogens with zero attached hydrogens (tertiary/aromatic N) is 2. The maximum absolute atomic E-state index is 13.0. The average Bonchev–Trinajstić information content (AvgIpc) is 3.17. The first-order valence-electron chi connectivity index (χ1n) is 9.62. The molecule has 1 aromatic rings. The molecule has 5 nitrogen and oxygen atoms in total. The van der Waals surface area contributed by atoms with E-state index in [0.717, 1.165) is 18.6 Å². The van der Waals surface area contributed by atoms with Crippen LogP contribution in [0.3, 0.4) is 0 Å². The predicted molar refractivity (Wildman–Crippen MR) is 109 cm³/mol. The average molecular weight is 402 g/mol. The fourth-order valence-corrected chi connectivity index (χ4v) is 5.61. The number of carbonyl (C=O) groups is 2. The van der Waals surface area contributed by atoms with E-state index >= 15 is 0 Å². The Bertz CT molecular complexity index is 893. The van der Waals surface area contributed by atoms with E-state index in [2.05, 4.69) is 36.3 Å². The molecule has 3 aliphatic rings. The Morgan fingerprint density at radius 2 is 1.96 bits per heavy atom. The van der Waals surface area contributed by atoms with Gasteiger partial charge in [0.2, 0.25) is 5.91 Å². The smallest absolute Gasteiger partial charge is 0.240 e. The summed E-state index contributed by atoms with van der Waals surface area (Å²) in [5, 5.41) is 11.4. The van der Waals surface area contributed by atoms with E-state index in [4.69, 9.17) is 0 Å². The lowest BCUT2D eigenvalue weighted by Gasteiger charge is -2.34. The molecule has 148 valence electrons. The molecule has 4 rings (SSSR count). The normalized spacial score (nSPS) is 33.6. The summed E-state index contributed by atoms with van der Waals surface area (Å²) in [4.78, 5) is 24.6. The summed E-state index contributed by atoms with van der Waals surface area (Å²) in [5.74, 6) is -0.180. The van der Waals surface area contributed by atoms with Crippen molar-refractivity contribution in [3.8, 4) is 0 Å². The van der Waals surface area contributed by atoms with Crippen LogP contribution >= 0.6 is 11.8 Å². The van der Waals surface area contributed by atoms with Crippen LogP contribution in [0.1, 0.15) is 56.8 Å². The summed E-state index contributed by atoms with van der Waals surface area (Å²) < 4.78 is 13.0. The highest BCUT2D eigenvalue weighted by molar-refractivity contribution is 8.15. The minimum Gasteiger partial charge on any atom is -0.303 e. The number of ketones is 1. The van der Waals surface area contributed by atoms with Gasteiger partial charge in [0.25, 0.3) is 0 Å². The molecule has 1 N–H and O–H groups in total. The number of thioether (sulfide) groups is 1. The third-order valence-electron chi connectivity index (χ3n) is 7.09. The molecule has 28 heavy (non-hydrogen) atoms. The number of halogens is 1. The van der Waals surface area contributed by atoms with E-state index in [-0.39, 0.29) is 28.9 Å². The zero-order chi connectivity index (χ0) is 20.1. The van der Waals surface area contributed by atoms with Gasteiger partial charge in [-0.05, 0) is 54.9 Å². The largest absolute Gasteiger partial charge is 0.303 e. The van der Waals surface area contributed by atoms with Gasteiger partial charge in [-0.25, -0.2) is 4.39 Å². The van der Waals surface area contributed by atoms with E-state index < -0.39 is 11.1 Å². The minimum atomic E-state index is -0.538. The van der Waals surface area contributed by atoms with Gasteiger partial charge in [0, 0.05) is 23.1 Å². The molecule has 2 bridgehead atoms. The second-order valence-electron chi connectivity index (χ2n) is 8.68. The number of Topliss-reactive ketones (excluding diaryl/α,β-unsaturated/α-hetero) is 1. The standard InChI is InChI=1S/C21H24FN3O2S/c1-20(2)13-8-9-21(20,3)17(10-13)24-25-19-23-18(27)16(28-19)11-15(26)12-4-6-14(22)7-5-12/h4-7,13,16H,8-11H2,1-3H3,(H,23,25,27)/b24-17+. The molecule has 2 aliphatic carbocycles. The molecule has 1 aromatic carbocycles. The summed E-state index contributed by atoms with van der Waals surface area (Å²) in [7, 11) is 0. The van der Waals surface area contributed by atoms with Crippen LogP contribution in [0.15, 0.2) is 34.5 Å². The van der Waals surface area contributed by atoms with E-state index in [9.17, 15) is 14.0 Å². The Morgan fingerprint density at radius 3 is 2.57 bits per heavy atom. The summed E-state index contributed by atoms with van der Waals surface area (Å²) >= 11 is 1.23. The molecule has 0 spiro atoms. The van der Waals surface area contributed by atoms with E-state index in [1.54, 1.807) is 0 Å². The zero-order valence-corrected chi connectivity index (χ0v) is 17.1. The SMILES string of the molecule is CC12CCC(C/C1=N\N=C1/NC(=O)C(CC(=O)c3ccc(F)cc3)S1)C2(C)C. The molecule has 0 radical (unpaired) electrons. The Kier molecular flexibility index (Phi) is 4.68. The van der Waals surface area contributed by atoms with Crippen molar-refractivity contribution in [2.24, 2.45) is 27.0 Å². The lowest BCUT2D eigenvalue weighted by molar-refractivity contribution is -0.118. The van der Waals surface area contributed by atoms with Crippen LogP contribution < -0.4 is 5.32 Å². The number of hydrogen-bond donors (Lipinski definition) is 1. The topological polar surface area (TPSA) is 70.9 Å². The fourth-order valence-electron chi connectivity index (χ4n) is 4.69. The quantitative estimate of drug-likeness (QED) is 0.607. The molecule has 1 amide bonds. The van der Waals surface area contributed by atoms with E-state index in [0.29, 0.717) is 16.6 Å². The Morgan fingerprint density at radius 1 is 1.25 bits per heavy atom. The van der Waals surface area contributed by atoms with Crippen molar-refractivity contribution in [3.63, 3.8) is 0 Å². The third kappa shape index (κ3) is 3.09. The Balaban J connectivity index is 1.44.